The van der Waals surface area contributed by atoms with Gasteiger partial charge in [-0.1, -0.05) is 30.3 Å². The lowest BCUT2D eigenvalue weighted by atomic mass is 10.2. The van der Waals surface area contributed by atoms with Crippen LogP contribution in [-0.4, -0.2) is 29.0 Å². The average Bonchev–Trinajstić information content (AvgIpc) is 2.91. The summed E-state index contributed by atoms with van der Waals surface area (Å²) in [5.74, 6) is 2.26. The average molecular weight is 546 g/mol. The summed E-state index contributed by atoms with van der Waals surface area (Å²) in [7, 11) is 1.60. The fourth-order valence-corrected chi connectivity index (χ4v) is 3.63. The van der Waals surface area contributed by atoms with Crippen LogP contribution >= 0.6 is 11.6 Å². The zero-order chi connectivity index (χ0) is 27.8. The number of carbonyl (C=O) groups excluding carboxylic acids is 1. The van der Waals surface area contributed by atoms with E-state index in [4.69, 9.17) is 25.8 Å². The molecule has 3 aromatic carbocycles. The Labute approximate surface area is 231 Å². The fraction of sp³-hybridized carbons (Fsp3) is 0.138. The molecule has 0 atom stereocenters. The van der Waals surface area contributed by atoms with Crippen LogP contribution in [0.25, 0.3) is 0 Å². The van der Waals surface area contributed by atoms with Crippen molar-refractivity contribution in [3.05, 3.63) is 90.6 Å². The summed E-state index contributed by atoms with van der Waals surface area (Å²) in [5, 5.41) is 9.43. The third kappa shape index (κ3) is 7.62. The summed E-state index contributed by atoms with van der Waals surface area (Å²) in [6.45, 7) is 7.58. The van der Waals surface area contributed by atoms with Crippen molar-refractivity contribution in [2.75, 3.05) is 23.1 Å². The van der Waals surface area contributed by atoms with Crippen LogP contribution in [0.2, 0.25) is 5.02 Å². The van der Waals surface area contributed by atoms with Gasteiger partial charge in [0.2, 0.25) is 17.7 Å². The van der Waals surface area contributed by atoms with Crippen molar-refractivity contribution >= 4 is 40.5 Å². The van der Waals surface area contributed by atoms with Crippen molar-refractivity contribution in [1.82, 2.24) is 9.97 Å². The molecule has 0 unspecified atom stereocenters. The molecule has 0 aliphatic rings. The lowest BCUT2D eigenvalue weighted by molar-refractivity contribution is -0.111. The number of ether oxygens (including phenoxy) is 3. The maximum Gasteiger partial charge on any atom is 0.247 e. The SMILES string of the molecule is C=CC(=O)Nc1cccc(Oc2cccc(Oc3nc(Nc4ccc(NC(C)C)cc4OC)ncc3Cl)c2)c1. The van der Waals surface area contributed by atoms with E-state index in [0.29, 0.717) is 34.4 Å². The molecule has 0 aliphatic heterocycles. The summed E-state index contributed by atoms with van der Waals surface area (Å²) in [6, 6.07) is 20.0. The molecule has 0 bridgehead atoms. The van der Waals surface area contributed by atoms with Crippen molar-refractivity contribution < 1.29 is 19.0 Å². The zero-order valence-corrected chi connectivity index (χ0v) is 22.5. The Morgan fingerprint density at radius 1 is 0.974 bits per heavy atom. The molecular formula is C29H28ClN5O4. The van der Waals surface area contributed by atoms with E-state index in [1.807, 2.05) is 18.2 Å². The molecule has 3 N–H and O–H groups in total. The van der Waals surface area contributed by atoms with Gasteiger partial charge in [-0.25, -0.2) is 4.98 Å². The molecular weight excluding hydrogens is 518 g/mol. The van der Waals surface area contributed by atoms with Gasteiger partial charge in [-0.15, -0.1) is 0 Å². The second kappa shape index (κ2) is 12.7. The summed E-state index contributed by atoms with van der Waals surface area (Å²) in [5.41, 5.74) is 2.20. The molecule has 1 aromatic heterocycles. The third-order valence-corrected chi connectivity index (χ3v) is 5.42. The Morgan fingerprint density at radius 2 is 1.69 bits per heavy atom. The molecule has 4 aromatic rings. The number of methoxy groups -OCH3 is 1. The van der Waals surface area contributed by atoms with Crippen LogP contribution in [0, 0.1) is 0 Å². The summed E-state index contributed by atoms with van der Waals surface area (Å²) in [4.78, 5) is 20.3. The minimum atomic E-state index is -0.309. The van der Waals surface area contributed by atoms with E-state index >= 15 is 0 Å². The van der Waals surface area contributed by atoms with E-state index in [1.165, 1.54) is 12.3 Å². The van der Waals surface area contributed by atoms with Crippen LogP contribution in [0.4, 0.5) is 23.0 Å². The first-order valence-corrected chi connectivity index (χ1v) is 12.4. The number of carbonyl (C=O) groups is 1. The quantitative estimate of drug-likeness (QED) is 0.167. The molecule has 1 heterocycles. The highest BCUT2D eigenvalue weighted by atomic mass is 35.5. The Hall–Kier alpha value is -4.76. The van der Waals surface area contributed by atoms with Gasteiger partial charge in [0.1, 0.15) is 28.0 Å². The predicted octanol–water partition coefficient (Wildman–Crippen LogP) is 7.41. The molecule has 9 nitrogen and oxygen atoms in total. The minimum absolute atomic E-state index is 0.164. The summed E-state index contributed by atoms with van der Waals surface area (Å²) < 4.78 is 17.4. The topological polar surface area (TPSA) is 107 Å². The fourth-order valence-electron chi connectivity index (χ4n) is 3.50. The van der Waals surface area contributed by atoms with Crippen molar-refractivity contribution in [2.24, 2.45) is 0 Å². The van der Waals surface area contributed by atoms with Gasteiger partial charge in [-0.05, 0) is 56.3 Å². The molecule has 0 radical (unpaired) electrons. The van der Waals surface area contributed by atoms with E-state index in [2.05, 4.69) is 46.3 Å². The first-order chi connectivity index (χ1) is 18.8. The Bertz CT molecular complexity index is 1480. The second-order valence-electron chi connectivity index (χ2n) is 8.59. The van der Waals surface area contributed by atoms with Gasteiger partial charge in [-0.3, -0.25) is 4.79 Å². The normalized spacial score (nSPS) is 10.5. The van der Waals surface area contributed by atoms with Crippen LogP contribution in [0.1, 0.15) is 13.8 Å². The number of nitrogens with zero attached hydrogens (tertiary/aromatic N) is 2. The van der Waals surface area contributed by atoms with Crippen LogP contribution < -0.4 is 30.2 Å². The lowest BCUT2D eigenvalue weighted by Gasteiger charge is -2.15. The van der Waals surface area contributed by atoms with Gasteiger partial charge in [0.25, 0.3) is 0 Å². The number of rotatable bonds is 11. The zero-order valence-electron chi connectivity index (χ0n) is 21.7. The molecule has 0 fully saturated rings. The Balaban J connectivity index is 1.49. The second-order valence-corrected chi connectivity index (χ2v) is 8.99. The summed E-state index contributed by atoms with van der Waals surface area (Å²) in [6.07, 6.45) is 2.65. The Morgan fingerprint density at radius 3 is 2.41 bits per heavy atom. The van der Waals surface area contributed by atoms with Gasteiger partial charge in [0.15, 0.2) is 0 Å². The lowest BCUT2D eigenvalue weighted by Crippen LogP contribution is -2.09. The molecule has 200 valence electrons. The molecule has 0 saturated carbocycles. The first kappa shape index (κ1) is 27.3. The number of hydrogen-bond acceptors (Lipinski definition) is 8. The highest BCUT2D eigenvalue weighted by molar-refractivity contribution is 6.31. The molecule has 0 aliphatic carbocycles. The number of nitrogens with one attached hydrogen (secondary N) is 3. The van der Waals surface area contributed by atoms with E-state index < -0.39 is 0 Å². The van der Waals surface area contributed by atoms with Gasteiger partial charge >= 0.3 is 0 Å². The van der Waals surface area contributed by atoms with E-state index in [1.54, 1.807) is 55.6 Å². The molecule has 10 heteroatoms. The van der Waals surface area contributed by atoms with Gasteiger partial charge in [-0.2, -0.15) is 4.98 Å². The monoisotopic (exact) mass is 545 g/mol. The number of amides is 1. The van der Waals surface area contributed by atoms with E-state index in [9.17, 15) is 4.79 Å². The third-order valence-electron chi connectivity index (χ3n) is 5.16. The number of aromatic nitrogens is 2. The highest BCUT2D eigenvalue weighted by Gasteiger charge is 2.12. The maximum absolute atomic E-state index is 11.6. The minimum Gasteiger partial charge on any atom is -0.494 e. The maximum atomic E-state index is 11.6. The van der Waals surface area contributed by atoms with Crippen LogP contribution in [0.15, 0.2) is 85.6 Å². The first-order valence-electron chi connectivity index (χ1n) is 12.1. The van der Waals surface area contributed by atoms with Crippen LogP contribution in [-0.2, 0) is 4.79 Å². The Kier molecular flexibility index (Phi) is 8.86. The van der Waals surface area contributed by atoms with E-state index in [0.717, 1.165) is 5.69 Å². The van der Waals surface area contributed by atoms with Crippen molar-refractivity contribution in [3.8, 4) is 28.9 Å². The number of hydrogen-bond donors (Lipinski definition) is 3. The van der Waals surface area contributed by atoms with Gasteiger partial charge in [0, 0.05) is 35.6 Å². The molecule has 39 heavy (non-hydrogen) atoms. The molecule has 0 spiro atoms. The van der Waals surface area contributed by atoms with Gasteiger partial charge in [0.05, 0.1) is 19.0 Å². The smallest absolute Gasteiger partial charge is 0.247 e. The number of halogens is 1. The molecule has 4 rings (SSSR count). The predicted molar refractivity (Wildman–Crippen MR) is 154 cm³/mol. The van der Waals surface area contributed by atoms with Crippen molar-refractivity contribution in [3.63, 3.8) is 0 Å². The van der Waals surface area contributed by atoms with Crippen molar-refractivity contribution in [2.45, 2.75) is 19.9 Å². The van der Waals surface area contributed by atoms with Crippen LogP contribution in [0.5, 0.6) is 28.9 Å². The van der Waals surface area contributed by atoms with Gasteiger partial charge < -0.3 is 30.2 Å². The molecule has 0 saturated heterocycles. The number of benzene rings is 3. The standard InChI is InChI=1S/C29H28ClN5O4/c1-5-27(36)33-19-8-6-9-21(14-19)38-22-10-7-11-23(16-22)39-28-24(30)17-31-29(35-28)34-25-13-12-20(32-18(2)3)15-26(25)37-4/h5-18,32H,1H2,2-4H3,(H,33,36)(H,31,34,35). The summed E-state index contributed by atoms with van der Waals surface area (Å²) >= 11 is 6.33. The van der Waals surface area contributed by atoms with Crippen LogP contribution in [0.3, 0.4) is 0 Å². The largest absolute Gasteiger partial charge is 0.494 e. The highest BCUT2D eigenvalue weighted by Crippen LogP contribution is 2.34. The van der Waals surface area contributed by atoms with E-state index in [-0.39, 0.29) is 28.8 Å². The molecule has 1 amide bonds. The number of anilines is 4. The van der Waals surface area contributed by atoms with Crippen molar-refractivity contribution in [1.29, 1.82) is 0 Å².